The van der Waals surface area contributed by atoms with Gasteiger partial charge in [0.15, 0.2) is 6.29 Å². The smallest absolute Gasteiger partial charge is 0.153 e. The van der Waals surface area contributed by atoms with E-state index < -0.39 is 0 Å². The van der Waals surface area contributed by atoms with Crippen molar-refractivity contribution < 1.29 is 9.18 Å². The van der Waals surface area contributed by atoms with Gasteiger partial charge in [-0.25, -0.2) is 9.37 Å². The number of nitrogens with zero attached hydrogens (tertiary/aromatic N) is 1. The zero-order chi connectivity index (χ0) is 11.0. The molecule has 0 fully saturated rings. The number of benzene rings is 1. The second kappa shape index (κ2) is 3.59. The summed E-state index contributed by atoms with van der Waals surface area (Å²) in [6.07, 6.45) is 0.632. The van der Waals surface area contributed by atoms with Gasteiger partial charge in [0.2, 0.25) is 0 Å². The molecule has 0 aliphatic rings. The summed E-state index contributed by atoms with van der Waals surface area (Å²) in [4.78, 5) is 14.6. The van der Waals surface area contributed by atoms with Crippen LogP contribution in [0.4, 0.5) is 4.39 Å². The molecule has 15 heavy (non-hydrogen) atoms. The van der Waals surface area contributed by atoms with Crippen molar-refractivity contribution in [3.8, 4) is 0 Å². The van der Waals surface area contributed by atoms with E-state index in [-0.39, 0.29) is 11.0 Å². The highest BCUT2D eigenvalue weighted by Gasteiger charge is 2.08. The van der Waals surface area contributed by atoms with E-state index in [2.05, 4.69) is 4.98 Å². The zero-order valence-corrected chi connectivity index (χ0v) is 8.68. The van der Waals surface area contributed by atoms with Gasteiger partial charge in [-0.2, -0.15) is 0 Å². The molecule has 0 spiro atoms. The number of hydrogen-bond donors (Lipinski definition) is 0. The molecule has 0 saturated carbocycles. The zero-order valence-electron chi connectivity index (χ0n) is 7.92. The van der Waals surface area contributed by atoms with Crippen LogP contribution in [0.2, 0.25) is 5.15 Å². The molecule has 0 N–H and O–H groups in total. The van der Waals surface area contributed by atoms with Crippen molar-refractivity contribution in [3.63, 3.8) is 0 Å². The van der Waals surface area contributed by atoms with Crippen LogP contribution in [-0.2, 0) is 0 Å². The van der Waals surface area contributed by atoms with Crippen molar-refractivity contribution in [2.24, 2.45) is 0 Å². The Kier molecular flexibility index (Phi) is 2.40. The Morgan fingerprint density at radius 3 is 2.87 bits per heavy atom. The Morgan fingerprint density at radius 1 is 1.47 bits per heavy atom. The van der Waals surface area contributed by atoms with E-state index in [1.54, 1.807) is 19.1 Å². The minimum Gasteiger partial charge on any atom is -0.298 e. The van der Waals surface area contributed by atoms with Crippen LogP contribution in [0.3, 0.4) is 0 Å². The number of aryl methyl sites for hydroxylation is 1. The van der Waals surface area contributed by atoms with Crippen molar-refractivity contribution in [1.29, 1.82) is 0 Å². The van der Waals surface area contributed by atoms with Gasteiger partial charge < -0.3 is 0 Å². The molecule has 4 heteroatoms. The number of carbonyl (C=O) groups is 1. The van der Waals surface area contributed by atoms with Gasteiger partial charge >= 0.3 is 0 Å². The Bertz CT molecular complexity index is 554. The Labute approximate surface area is 90.7 Å². The summed E-state index contributed by atoms with van der Waals surface area (Å²) in [6.45, 7) is 1.63. The molecule has 1 aromatic carbocycles. The van der Waals surface area contributed by atoms with Crippen LogP contribution in [0.15, 0.2) is 18.2 Å². The van der Waals surface area contributed by atoms with E-state index in [9.17, 15) is 9.18 Å². The van der Waals surface area contributed by atoms with Crippen LogP contribution >= 0.6 is 11.6 Å². The summed E-state index contributed by atoms with van der Waals surface area (Å²) in [7, 11) is 0. The molecule has 0 aliphatic carbocycles. The number of halogens is 2. The normalized spacial score (nSPS) is 10.6. The highest BCUT2D eigenvalue weighted by Crippen LogP contribution is 2.23. The molecule has 1 heterocycles. The lowest BCUT2D eigenvalue weighted by Gasteiger charge is -2.04. The van der Waals surface area contributed by atoms with Crippen LogP contribution in [-0.4, -0.2) is 11.3 Å². The first-order valence-corrected chi connectivity index (χ1v) is 4.72. The number of hydrogen-bond acceptors (Lipinski definition) is 2. The fourth-order valence-corrected chi connectivity index (χ4v) is 1.62. The summed E-state index contributed by atoms with van der Waals surface area (Å²) in [5.41, 5.74) is 1.24. The maximum Gasteiger partial charge on any atom is 0.153 e. The highest BCUT2D eigenvalue weighted by atomic mass is 35.5. The average Bonchev–Trinajstić information content (AvgIpc) is 2.24. The molecular weight excluding hydrogens is 217 g/mol. The average molecular weight is 224 g/mol. The van der Waals surface area contributed by atoms with Gasteiger partial charge in [-0.1, -0.05) is 11.6 Å². The number of aromatic nitrogens is 1. The fraction of sp³-hybridized carbons (Fsp3) is 0.0909. The third-order valence-electron chi connectivity index (χ3n) is 2.28. The van der Waals surface area contributed by atoms with E-state index in [4.69, 9.17) is 11.6 Å². The third kappa shape index (κ3) is 1.59. The molecule has 0 radical (unpaired) electrons. The van der Waals surface area contributed by atoms with E-state index in [0.29, 0.717) is 28.3 Å². The Balaban J connectivity index is 2.87. The second-order valence-electron chi connectivity index (χ2n) is 3.23. The standard InChI is InChI=1S/C11H7ClFNO/c1-6-9(13)3-2-7-4-8(5-15)11(12)14-10(6)7/h2-5H,1H3. The summed E-state index contributed by atoms with van der Waals surface area (Å²) in [5.74, 6) is -0.329. The molecule has 2 nitrogen and oxygen atoms in total. The van der Waals surface area contributed by atoms with Crippen LogP contribution in [0.1, 0.15) is 15.9 Å². The van der Waals surface area contributed by atoms with Crippen molar-refractivity contribution in [1.82, 2.24) is 4.98 Å². The number of pyridine rings is 1. The molecule has 0 amide bonds. The topological polar surface area (TPSA) is 30.0 Å². The van der Waals surface area contributed by atoms with Gasteiger partial charge in [0.1, 0.15) is 11.0 Å². The predicted octanol–water partition coefficient (Wildman–Crippen LogP) is 3.15. The summed E-state index contributed by atoms with van der Waals surface area (Å²) < 4.78 is 13.2. The largest absolute Gasteiger partial charge is 0.298 e. The first kappa shape index (κ1) is 10.1. The number of carbonyl (C=O) groups excluding carboxylic acids is 1. The van der Waals surface area contributed by atoms with Gasteiger partial charge in [-0.3, -0.25) is 4.79 Å². The number of rotatable bonds is 1. The monoisotopic (exact) mass is 223 g/mol. The second-order valence-corrected chi connectivity index (χ2v) is 3.59. The molecule has 0 unspecified atom stereocenters. The van der Waals surface area contributed by atoms with Crippen LogP contribution in [0.25, 0.3) is 10.9 Å². The van der Waals surface area contributed by atoms with Crippen LogP contribution in [0, 0.1) is 12.7 Å². The lowest BCUT2D eigenvalue weighted by molar-refractivity contribution is 0.112. The predicted molar refractivity (Wildman–Crippen MR) is 56.8 cm³/mol. The Morgan fingerprint density at radius 2 is 2.20 bits per heavy atom. The quantitative estimate of drug-likeness (QED) is 0.549. The van der Waals surface area contributed by atoms with Crippen molar-refractivity contribution in [2.45, 2.75) is 6.92 Å². The van der Waals surface area contributed by atoms with E-state index in [1.165, 1.54) is 6.07 Å². The van der Waals surface area contributed by atoms with Gasteiger partial charge in [0.05, 0.1) is 11.1 Å². The minimum atomic E-state index is -0.329. The third-order valence-corrected chi connectivity index (χ3v) is 2.58. The van der Waals surface area contributed by atoms with Gasteiger partial charge in [0, 0.05) is 10.9 Å². The molecular formula is C11H7ClFNO. The number of aldehydes is 1. The van der Waals surface area contributed by atoms with Gasteiger partial charge in [-0.15, -0.1) is 0 Å². The summed E-state index contributed by atoms with van der Waals surface area (Å²) in [5, 5.41) is 0.812. The fourth-order valence-electron chi connectivity index (χ4n) is 1.43. The molecule has 2 aromatic rings. The molecule has 2 rings (SSSR count). The van der Waals surface area contributed by atoms with Crippen molar-refractivity contribution in [3.05, 3.63) is 40.3 Å². The van der Waals surface area contributed by atoms with E-state index in [1.807, 2.05) is 0 Å². The van der Waals surface area contributed by atoms with Crippen LogP contribution in [0.5, 0.6) is 0 Å². The first-order valence-electron chi connectivity index (χ1n) is 4.34. The van der Waals surface area contributed by atoms with Crippen LogP contribution < -0.4 is 0 Å². The molecule has 0 saturated heterocycles. The highest BCUT2D eigenvalue weighted by molar-refractivity contribution is 6.32. The lowest BCUT2D eigenvalue weighted by atomic mass is 10.1. The summed E-state index contributed by atoms with van der Waals surface area (Å²) in [6, 6.07) is 4.53. The molecule has 0 atom stereocenters. The Hall–Kier alpha value is -1.48. The molecule has 0 bridgehead atoms. The van der Waals surface area contributed by atoms with E-state index in [0.717, 1.165) is 0 Å². The minimum absolute atomic E-state index is 0.103. The SMILES string of the molecule is Cc1c(F)ccc2cc(C=O)c(Cl)nc12. The molecule has 0 aliphatic heterocycles. The first-order chi connectivity index (χ1) is 7.13. The van der Waals surface area contributed by atoms with Gasteiger partial charge in [0.25, 0.3) is 0 Å². The van der Waals surface area contributed by atoms with Crippen molar-refractivity contribution in [2.75, 3.05) is 0 Å². The van der Waals surface area contributed by atoms with Gasteiger partial charge in [-0.05, 0) is 25.1 Å². The maximum atomic E-state index is 13.2. The summed E-state index contributed by atoms with van der Waals surface area (Å²) >= 11 is 5.76. The molecule has 76 valence electrons. The number of fused-ring (bicyclic) bond motifs is 1. The molecule has 1 aromatic heterocycles. The van der Waals surface area contributed by atoms with Crippen molar-refractivity contribution >= 4 is 28.8 Å². The maximum absolute atomic E-state index is 13.2. The lowest BCUT2D eigenvalue weighted by Crippen LogP contribution is -1.92. The van der Waals surface area contributed by atoms with E-state index >= 15 is 0 Å².